The van der Waals surface area contributed by atoms with Crippen molar-refractivity contribution in [3.05, 3.63) is 35.4 Å². The molecule has 0 bridgehead atoms. The number of rotatable bonds is 8. The van der Waals surface area contributed by atoms with Crippen LogP contribution >= 0.6 is 0 Å². The average molecular weight is 361 g/mol. The Bertz CT molecular complexity index is 561. The second kappa shape index (κ2) is 9.52. The molecule has 1 aliphatic heterocycles. The van der Waals surface area contributed by atoms with Crippen LogP contribution in [0.15, 0.2) is 24.3 Å². The van der Waals surface area contributed by atoms with Crippen molar-refractivity contribution in [2.45, 2.75) is 71.4 Å². The van der Waals surface area contributed by atoms with Gasteiger partial charge in [0, 0.05) is 19.2 Å². The molecule has 4 nitrogen and oxygen atoms in total. The van der Waals surface area contributed by atoms with Crippen LogP contribution in [0, 0.1) is 0 Å². The molecule has 1 saturated heterocycles. The highest BCUT2D eigenvalue weighted by Gasteiger charge is 2.27. The van der Waals surface area contributed by atoms with Crippen molar-refractivity contribution in [1.82, 2.24) is 10.2 Å². The number of hydrogen-bond donors (Lipinski definition) is 1. The van der Waals surface area contributed by atoms with Crippen LogP contribution < -0.4 is 5.32 Å². The van der Waals surface area contributed by atoms with Crippen LogP contribution in [0.3, 0.4) is 0 Å². The molecule has 1 aromatic carbocycles. The van der Waals surface area contributed by atoms with Crippen LogP contribution in [0.25, 0.3) is 0 Å². The summed E-state index contributed by atoms with van der Waals surface area (Å²) >= 11 is 0. The first-order valence-corrected chi connectivity index (χ1v) is 10.00. The van der Waals surface area contributed by atoms with Gasteiger partial charge in [0.2, 0.25) is 5.91 Å². The smallest absolute Gasteiger partial charge is 0.234 e. The lowest BCUT2D eigenvalue weighted by atomic mass is 9.86. The van der Waals surface area contributed by atoms with Gasteiger partial charge in [-0.1, -0.05) is 45.0 Å². The van der Waals surface area contributed by atoms with E-state index in [0.717, 1.165) is 25.8 Å². The van der Waals surface area contributed by atoms with E-state index < -0.39 is 0 Å². The molecule has 1 aromatic rings. The SMILES string of the molecule is CC(C)OCCCNC(=O)CN1CCCC1c1ccc(C(C)(C)C)cc1. The summed E-state index contributed by atoms with van der Waals surface area (Å²) in [4.78, 5) is 14.6. The van der Waals surface area contributed by atoms with Gasteiger partial charge in [0.25, 0.3) is 0 Å². The predicted molar refractivity (Wildman–Crippen MR) is 107 cm³/mol. The lowest BCUT2D eigenvalue weighted by Crippen LogP contribution is -2.37. The summed E-state index contributed by atoms with van der Waals surface area (Å²) in [6.45, 7) is 13.6. The number of nitrogens with one attached hydrogen (secondary N) is 1. The van der Waals surface area contributed by atoms with E-state index in [1.807, 2.05) is 13.8 Å². The summed E-state index contributed by atoms with van der Waals surface area (Å²) in [5, 5.41) is 3.02. The maximum atomic E-state index is 12.3. The molecule has 1 amide bonds. The van der Waals surface area contributed by atoms with Crippen LogP contribution in [-0.4, -0.2) is 43.2 Å². The number of ether oxygens (including phenoxy) is 1. The highest BCUT2D eigenvalue weighted by molar-refractivity contribution is 5.78. The second-order valence-electron chi connectivity index (χ2n) is 8.62. The topological polar surface area (TPSA) is 41.6 Å². The molecule has 0 radical (unpaired) electrons. The summed E-state index contributed by atoms with van der Waals surface area (Å²) in [7, 11) is 0. The van der Waals surface area contributed by atoms with Crippen molar-refractivity contribution < 1.29 is 9.53 Å². The Morgan fingerprint density at radius 1 is 1.27 bits per heavy atom. The monoisotopic (exact) mass is 360 g/mol. The molecule has 1 heterocycles. The van der Waals surface area contributed by atoms with Gasteiger partial charge >= 0.3 is 0 Å². The summed E-state index contributed by atoms with van der Waals surface area (Å²) in [5.74, 6) is 0.118. The highest BCUT2D eigenvalue weighted by atomic mass is 16.5. The summed E-state index contributed by atoms with van der Waals surface area (Å²) in [6.07, 6.45) is 3.40. The van der Waals surface area contributed by atoms with Crippen molar-refractivity contribution in [3.8, 4) is 0 Å². The minimum absolute atomic E-state index is 0.118. The third-order valence-electron chi connectivity index (χ3n) is 4.97. The molecule has 0 aromatic heterocycles. The normalized spacial score (nSPS) is 18.5. The largest absolute Gasteiger partial charge is 0.379 e. The molecular weight excluding hydrogens is 324 g/mol. The highest BCUT2D eigenvalue weighted by Crippen LogP contribution is 2.32. The lowest BCUT2D eigenvalue weighted by Gasteiger charge is -2.25. The molecule has 1 unspecified atom stereocenters. The van der Waals surface area contributed by atoms with Crippen molar-refractivity contribution in [1.29, 1.82) is 0 Å². The minimum Gasteiger partial charge on any atom is -0.379 e. The van der Waals surface area contributed by atoms with E-state index in [2.05, 4.69) is 55.3 Å². The molecule has 146 valence electrons. The number of benzene rings is 1. The molecule has 2 rings (SSSR count). The second-order valence-corrected chi connectivity index (χ2v) is 8.62. The molecule has 0 saturated carbocycles. The molecule has 26 heavy (non-hydrogen) atoms. The molecule has 1 atom stereocenters. The Kier molecular flexibility index (Phi) is 7.66. The average Bonchev–Trinajstić information content (AvgIpc) is 3.01. The van der Waals surface area contributed by atoms with Crippen molar-refractivity contribution >= 4 is 5.91 Å². The van der Waals surface area contributed by atoms with E-state index in [-0.39, 0.29) is 17.4 Å². The fourth-order valence-electron chi connectivity index (χ4n) is 3.46. The van der Waals surface area contributed by atoms with E-state index in [9.17, 15) is 4.79 Å². The Hall–Kier alpha value is -1.39. The number of amides is 1. The van der Waals surface area contributed by atoms with Gasteiger partial charge in [0.15, 0.2) is 0 Å². The maximum absolute atomic E-state index is 12.3. The van der Waals surface area contributed by atoms with Crippen molar-refractivity contribution in [2.75, 3.05) is 26.2 Å². The molecule has 1 fully saturated rings. The zero-order chi connectivity index (χ0) is 19.2. The zero-order valence-corrected chi connectivity index (χ0v) is 17.2. The fourth-order valence-corrected chi connectivity index (χ4v) is 3.46. The van der Waals surface area contributed by atoms with Gasteiger partial charge in [-0.15, -0.1) is 0 Å². The van der Waals surface area contributed by atoms with Gasteiger partial charge in [-0.05, 0) is 56.2 Å². The Morgan fingerprint density at radius 3 is 2.58 bits per heavy atom. The summed E-state index contributed by atoms with van der Waals surface area (Å²) < 4.78 is 5.50. The van der Waals surface area contributed by atoms with Crippen LogP contribution in [0.1, 0.15) is 71.0 Å². The molecule has 1 N–H and O–H groups in total. The van der Waals surface area contributed by atoms with E-state index in [0.29, 0.717) is 25.7 Å². The van der Waals surface area contributed by atoms with E-state index in [1.54, 1.807) is 0 Å². The number of hydrogen-bond acceptors (Lipinski definition) is 3. The summed E-state index contributed by atoms with van der Waals surface area (Å²) in [5.41, 5.74) is 2.85. The lowest BCUT2D eigenvalue weighted by molar-refractivity contribution is -0.122. The Labute approximate surface area is 159 Å². The number of carbonyl (C=O) groups is 1. The first-order valence-electron chi connectivity index (χ1n) is 10.00. The quantitative estimate of drug-likeness (QED) is 0.711. The van der Waals surface area contributed by atoms with E-state index in [1.165, 1.54) is 11.1 Å². The molecule has 0 spiro atoms. The minimum atomic E-state index is 0.118. The van der Waals surface area contributed by atoms with E-state index in [4.69, 9.17) is 4.74 Å². The van der Waals surface area contributed by atoms with Gasteiger partial charge in [-0.3, -0.25) is 9.69 Å². The summed E-state index contributed by atoms with van der Waals surface area (Å²) in [6, 6.07) is 9.32. The maximum Gasteiger partial charge on any atom is 0.234 e. The van der Waals surface area contributed by atoms with E-state index >= 15 is 0 Å². The van der Waals surface area contributed by atoms with Crippen LogP contribution in [0.5, 0.6) is 0 Å². The predicted octanol–water partition coefficient (Wildman–Crippen LogP) is 4.05. The molecule has 4 heteroatoms. The standard InChI is InChI=1S/C22H36N2O2/c1-17(2)26-15-7-13-23-21(25)16-24-14-6-8-20(24)18-9-11-19(12-10-18)22(3,4)5/h9-12,17,20H,6-8,13-16H2,1-5H3,(H,23,25). The van der Waals surface area contributed by atoms with Gasteiger partial charge in [0.1, 0.15) is 0 Å². The van der Waals surface area contributed by atoms with Gasteiger partial charge < -0.3 is 10.1 Å². The number of likely N-dealkylation sites (tertiary alicyclic amines) is 1. The zero-order valence-electron chi connectivity index (χ0n) is 17.2. The van der Waals surface area contributed by atoms with Crippen LogP contribution in [-0.2, 0) is 14.9 Å². The number of carbonyl (C=O) groups excluding carboxylic acids is 1. The van der Waals surface area contributed by atoms with Crippen LogP contribution in [0.2, 0.25) is 0 Å². The van der Waals surface area contributed by atoms with Crippen LogP contribution in [0.4, 0.5) is 0 Å². The molecule has 1 aliphatic rings. The van der Waals surface area contributed by atoms with Gasteiger partial charge in [-0.25, -0.2) is 0 Å². The fraction of sp³-hybridized carbons (Fsp3) is 0.682. The first kappa shape index (κ1) is 20.9. The molecular formula is C22H36N2O2. The van der Waals surface area contributed by atoms with Crippen molar-refractivity contribution in [2.24, 2.45) is 0 Å². The third kappa shape index (κ3) is 6.40. The Morgan fingerprint density at radius 2 is 1.96 bits per heavy atom. The number of nitrogens with zero attached hydrogens (tertiary/aromatic N) is 1. The van der Waals surface area contributed by atoms with Crippen molar-refractivity contribution in [3.63, 3.8) is 0 Å². The first-order chi connectivity index (χ1) is 12.3. The van der Waals surface area contributed by atoms with Gasteiger partial charge in [0.05, 0.1) is 12.6 Å². The Balaban J connectivity index is 1.83. The molecule has 0 aliphatic carbocycles. The van der Waals surface area contributed by atoms with Gasteiger partial charge in [-0.2, -0.15) is 0 Å². The third-order valence-corrected chi connectivity index (χ3v) is 4.97.